The Morgan fingerprint density at radius 1 is 1.18 bits per heavy atom. The van der Waals surface area contributed by atoms with Gasteiger partial charge in [0.15, 0.2) is 0 Å². The van der Waals surface area contributed by atoms with Crippen LogP contribution < -0.4 is 4.90 Å². The van der Waals surface area contributed by atoms with Crippen molar-refractivity contribution in [1.29, 1.82) is 0 Å². The molecule has 10 heteroatoms. The van der Waals surface area contributed by atoms with E-state index in [1.54, 1.807) is 29.2 Å². The SMILES string of the molecule is Cc1ccc(S(=O)(=O)c2nc(C=C3SC(=S)N(CCC(C)C)C3=O)oc2N2CCCCC2)cc1. The van der Waals surface area contributed by atoms with Crippen LogP contribution in [0.2, 0.25) is 0 Å². The molecule has 2 aromatic rings. The first-order chi connectivity index (χ1) is 16.2. The second kappa shape index (κ2) is 10.2. The number of benzene rings is 1. The molecule has 2 saturated heterocycles. The van der Waals surface area contributed by atoms with Crippen LogP contribution in [0.3, 0.4) is 0 Å². The van der Waals surface area contributed by atoms with E-state index in [9.17, 15) is 13.2 Å². The second-order valence-corrected chi connectivity index (χ2v) is 12.6. The van der Waals surface area contributed by atoms with E-state index in [0.29, 0.717) is 34.8 Å². The van der Waals surface area contributed by atoms with Crippen LogP contribution in [0.15, 0.2) is 43.5 Å². The van der Waals surface area contributed by atoms with E-state index in [2.05, 4.69) is 18.8 Å². The highest BCUT2D eigenvalue weighted by atomic mass is 32.2. The molecule has 0 saturated carbocycles. The zero-order chi connectivity index (χ0) is 24.5. The average molecular weight is 520 g/mol. The number of thioether (sulfide) groups is 1. The molecule has 7 nitrogen and oxygen atoms in total. The summed E-state index contributed by atoms with van der Waals surface area (Å²) in [6.07, 6.45) is 5.35. The van der Waals surface area contributed by atoms with Gasteiger partial charge in [0.2, 0.25) is 26.6 Å². The van der Waals surface area contributed by atoms with Gasteiger partial charge < -0.3 is 9.32 Å². The highest BCUT2D eigenvalue weighted by Crippen LogP contribution is 2.36. The molecule has 182 valence electrons. The van der Waals surface area contributed by atoms with Gasteiger partial charge in [0.1, 0.15) is 4.32 Å². The molecule has 3 heterocycles. The summed E-state index contributed by atoms with van der Waals surface area (Å²) in [5, 5.41) is -0.111. The number of sulfone groups is 1. The van der Waals surface area contributed by atoms with Gasteiger partial charge in [-0.1, -0.05) is 55.5 Å². The van der Waals surface area contributed by atoms with Crippen LogP contribution in [0.25, 0.3) is 6.08 Å². The zero-order valence-corrected chi connectivity index (χ0v) is 22.1. The number of hydrogen-bond acceptors (Lipinski definition) is 8. The smallest absolute Gasteiger partial charge is 0.266 e. The summed E-state index contributed by atoms with van der Waals surface area (Å²) in [6.45, 7) is 8.04. The van der Waals surface area contributed by atoms with Crippen LogP contribution in [0, 0.1) is 12.8 Å². The van der Waals surface area contributed by atoms with Gasteiger partial charge in [-0.3, -0.25) is 9.69 Å². The molecule has 0 radical (unpaired) electrons. The molecule has 0 bridgehead atoms. The summed E-state index contributed by atoms with van der Waals surface area (Å²) in [4.78, 5) is 21.4. The number of amides is 1. The van der Waals surface area contributed by atoms with Gasteiger partial charge in [-0.25, -0.2) is 8.42 Å². The number of carbonyl (C=O) groups excluding carboxylic acids is 1. The highest BCUT2D eigenvalue weighted by molar-refractivity contribution is 8.26. The molecule has 1 aromatic heterocycles. The fraction of sp³-hybridized carbons (Fsp3) is 0.458. The second-order valence-electron chi connectivity index (χ2n) is 9.04. The molecule has 2 aliphatic heterocycles. The molecular weight excluding hydrogens is 490 g/mol. The van der Waals surface area contributed by atoms with Crippen molar-refractivity contribution in [3.63, 3.8) is 0 Å². The average Bonchev–Trinajstić information content (AvgIpc) is 3.35. The number of anilines is 1. The van der Waals surface area contributed by atoms with E-state index < -0.39 is 9.84 Å². The summed E-state index contributed by atoms with van der Waals surface area (Å²) in [5.41, 5.74) is 0.968. The lowest BCUT2D eigenvalue weighted by Crippen LogP contribution is -2.30. The normalized spacial score (nSPS) is 18.5. The minimum Gasteiger partial charge on any atom is -0.420 e. The van der Waals surface area contributed by atoms with Gasteiger partial charge >= 0.3 is 0 Å². The minimum absolute atomic E-state index is 0.0932. The standard InChI is InChI=1S/C24H29N3O4S3/c1-16(2)11-14-27-22(28)19(33-24(27)32)15-20-25-21(23(31-20)26-12-5-4-6-13-26)34(29,30)18-9-7-17(3)8-10-18/h7-10,15-16H,4-6,11-14H2,1-3H3. The quantitative estimate of drug-likeness (QED) is 0.371. The van der Waals surface area contributed by atoms with Gasteiger partial charge in [0, 0.05) is 25.7 Å². The van der Waals surface area contributed by atoms with Crippen molar-refractivity contribution in [3.8, 4) is 0 Å². The largest absolute Gasteiger partial charge is 0.420 e. The Morgan fingerprint density at radius 3 is 2.50 bits per heavy atom. The number of piperidine rings is 1. The van der Waals surface area contributed by atoms with Crippen molar-refractivity contribution >= 4 is 56.0 Å². The van der Waals surface area contributed by atoms with E-state index in [4.69, 9.17) is 16.6 Å². The first-order valence-corrected chi connectivity index (χ1v) is 14.2. The monoisotopic (exact) mass is 519 g/mol. The van der Waals surface area contributed by atoms with Crippen LogP contribution in [0.1, 0.15) is 51.0 Å². The molecule has 0 unspecified atom stereocenters. The molecule has 0 spiro atoms. The Hall–Kier alpha value is -2.17. The third-order valence-electron chi connectivity index (χ3n) is 5.88. The molecule has 0 atom stereocenters. The first-order valence-electron chi connectivity index (χ1n) is 11.5. The molecule has 2 aliphatic rings. The predicted octanol–water partition coefficient (Wildman–Crippen LogP) is 5.05. The maximum Gasteiger partial charge on any atom is 0.266 e. The predicted molar refractivity (Wildman–Crippen MR) is 139 cm³/mol. The van der Waals surface area contributed by atoms with E-state index in [-0.39, 0.29) is 27.6 Å². The number of thiocarbonyl (C=S) groups is 1. The summed E-state index contributed by atoms with van der Waals surface area (Å²) in [5.74, 6) is 0.579. The highest BCUT2D eigenvalue weighted by Gasteiger charge is 2.34. The van der Waals surface area contributed by atoms with Crippen molar-refractivity contribution in [3.05, 3.63) is 40.6 Å². The Balaban J connectivity index is 1.71. The van der Waals surface area contributed by atoms with Gasteiger partial charge in [0.25, 0.3) is 5.91 Å². The number of oxazole rings is 1. The summed E-state index contributed by atoms with van der Waals surface area (Å²) in [6, 6.07) is 6.69. The fourth-order valence-corrected chi connectivity index (χ4v) is 6.47. The van der Waals surface area contributed by atoms with Crippen molar-refractivity contribution in [2.24, 2.45) is 5.92 Å². The lowest BCUT2D eigenvalue weighted by molar-refractivity contribution is -0.122. The Kier molecular flexibility index (Phi) is 7.49. The molecule has 1 aromatic carbocycles. The molecule has 1 amide bonds. The van der Waals surface area contributed by atoms with Crippen molar-refractivity contribution in [2.75, 3.05) is 24.5 Å². The molecule has 0 aliphatic carbocycles. The Bertz CT molecular complexity index is 1210. The van der Waals surface area contributed by atoms with Gasteiger partial charge in [-0.2, -0.15) is 4.98 Å². The zero-order valence-electron chi connectivity index (χ0n) is 19.6. The van der Waals surface area contributed by atoms with E-state index in [1.165, 1.54) is 17.8 Å². The number of nitrogens with zero attached hydrogens (tertiary/aromatic N) is 3. The number of aromatic nitrogens is 1. The van der Waals surface area contributed by atoms with Crippen LogP contribution >= 0.6 is 24.0 Å². The van der Waals surface area contributed by atoms with Crippen LogP contribution in [0.4, 0.5) is 5.88 Å². The maximum atomic E-state index is 13.5. The summed E-state index contributed by atoms with van der Waals surface area (Å²) in [7, 11) is -3.91. The number of carbonyl (C=O) groups is 1. The van der Waals surface area contributed by atoms with E-state index in [1.807, 2.05) is 11.8 Å². The van der Waals surface area contributed by atoms with Gasteiger partial charge in [0.05, 0.1) is 9.80 Å². The van der Waals surface area contributed by atoms with E-state index >= 15 is 0 Å². The summed E-state index contributed by atoms with van der Waals surface area (Å²) >= 11 is 6.59. The van der Waals surface area contributed by atoms with Crippen molar-refractivity contribution in [1.82, 2.24) is 9.88 Å². The van der Waals surface area contributed by atoms with Gasteiger partial charge in [-0.05, 0) is 50.7 Å². The number of aryl methyl sites for hydroxylation is 1. The third kappa shape index (κ3) is 5.23. The van der Waals surface area contributed by atoms with E-state index in [0.717, 1.165) is 31.2 Å². The lowest BCUT2D eigenvalue weighted by Gasteiger charge is -2.26. The topological polar surface area (TPSA) is 83.7 Å². The number of rotatable bonds is 7. The van der Waals surface area contributed by atoms with Crippen molar-refractivity contribution in [2.45, 2.75) is 56.4 Å². The molecule has 4 rings (SSSR count). The fourth-order valence-electron chi connectivity index (χ4n) is 3.87. The molecule has 34 heavy (non-hydrogen) atoms. The minimum atomic E-state index is -3.91. The Morgan fingerprint density at radius 2 is 1.85 bits per heavy atom. The summed E-state index contributed by atoms with van der Waals surface area (Å²) < 4.78 is 33.5. The maximum absolute atomic E-state index is 13.5. The lowest BCUT2D eigenvalue weighted by atomic mass is 10.1. The van der Waals surface area contributed by atoms with Crippen molar-refractivity contribution < 1.29 is 17.6 Å². The van der Waals surface area contributed by atoms with Crippen LogP contribution in [-0.2, 0) is 14.6 Å². The molecule has 2 fully saturated rings. The Labute approximate surface area is 210 Å². The molecular formula is C24H29N3O4S3. The first kappa shape index (κ1) is 24.9. The number of hydrogen-bond donors (Lipinski definition) is 0. The van der Waals surface area contributed by atoms with Crippen LogP contribution in [-0.4, -0.2) is 48.2 Å². The van der Waals surface area contributed by atoms with Gasteiger partial charge in [-0.15, -0.1) is 0 Å². The molecule has 0 N–H and O–H groups in total. The third-order valence-corrected chi connectivity index (χ3v) is 8.93. The van der Waals surface area contributed by atoms with Crippen LogP contribution in [0.5, 0.6) is 0 Å².